The number of carbonyl (C=O) groups is 8. The van der Waals surface area contributed by atoms with Crippen molar-refractivity contribution in [1.29, 1.82) is 0 Å². The first-order valence-corrected chi connectivity index (χ1v) is 28.5. The maximum Gasteiger partial charge on any atom is 0.247 e. The van der Waals surface area contributed by atoms with Crippen LogP contribution in [0.2, 0.25) is 5.02 Å². The lowest BCUT2D eigenvalue weighted by molar-refractivity contribution is -0.144. The number of nitrogens with two attached hydrogens (primary N) is 1. The molecule has 0 spiro atoms. The number of fused-ring (bicyclic) bond motifs is 4. The van der Waals surface area contributed by atoms with Gasteiger partial charge in [0.15, 0.2) is 5.82 Å². The summed E-state index contributed by atoms with van der Waals surface area (Å²) < 4.78 is 1.89. The second kappa shape index (κ2) is 23.9. The Hall–Kier alpha value is -7.02. The number of thiophene rings is 1. The van der Waals surface area contributed by atoms with E-state index in [-0.39, 0.29) is 30.9 Å². The molecule has 8 N–H and O–H groups in total. The number of thioether (sulfide) groups is 1. The average Bonchev–Trinajstić information content (AvgIpc) is 4.41. The number of primary amides is 1. The van der Waals surface area contributed by atoms with Crippen molar-refractivity contribution in [3.05, 3.63) is 104 Å². The van der Waals surface area contributed by atoms with Crippen molar-refractivity contribution in [2.45, 2.75) is 117 Å². The van der Waals surface area contributed by atoms with Crippen LogP contribution < -0.4 is 37.6 Å². The number of aliphatic imine (C=N–C) groups is 1. The molecule has 412 valence electrons. The van der Waals surface area contributed by atoms with Crippen molar-refractivity contribution in [2.75, 3.05) is 24.6 Å². The van der Waals surface area contributed by atoms with Gasteiger partial charge in [-0.1, -0.05) is 68.8 Å². The van der Waals surface area contributed by atoms with E-state index >= 15 is 0 Å². The number of nitrogens with zero attached hydrogens (tertiary/aromatic N) is 6. The molecule has 5 aromatic rings. The van der Waals surface area contributed by atoms with Crippen molar-refractivity contribution in [3.8, 4) is 15.4 Å². The van der Waals surface area contributed by atoms with Gasteiger partial charge in [-0.05, 0) is 81.7 Å². The number of nitrogens with one attached hydrogen (secondary N) is 6. The van der Waals surface area contributed by atoms with Crippen molar-refractivity contribution in [1.82, 2.24) is 56.5 Å². The summed E-state index contributed by atoms with van der Waals surface area (Å²) in [6, 6.07) is 5.46. The topological polar surface area (TPSA) is 294 Å². The molecule has 2 fully saturated rings. The van der Waals surface area contributed by atoms with Gasteiger partial charge in [-0.15, -0.1) is 44.6 Å². The van der Waals surface area contributed by atoms with Gasteiger partial charge in [0, 0.05) is 39.9 Å². The van der Waals surface area contributed by atoms with Gasteiger partial charge >= 0.3 is 0 Å². The average molecular weight is 1140 g/mol. The number of rotatable bonds is 8. The van der Waals surface area contributed by atoms with Crippen molar-refractivity contribution < 1.29 is 38.4 Å². The van der Waals surface area contributed by atoms with E-state index in [1.165, 1.54) is 23.2 Å². The molecule has 2 unspecified atom stereocenters. The number of halogens is 1. The Labute approximate surface area is 468 Å². The molecule has 25 heteroatoms. The van der Waals surface area contributed by atoms with E-state index in [0.29, 0.717) is 34.4 Å². The minimum absolute atomic E-state index is 0.192. The molecule has 0 radical (unpaired) electrons. The lowest BCUT2D eigenvalue weighted by Gasteiger charge is -2.35. The van der Waals surface area contributed by atoms with Crippen LogP contribution in [-0.4, -0.2) is 132 Å². The second-order valence-corrected chi connectivity index (χ2v) is 24.1. The molecule has 2 aromatic carbocycles. The predicted octanol–water partition coefficient (Wildman–Crippen LogP) is 3.82. The van der Waals surface area contributed by atoms with Gasteiger partial charge in [0.2, 0.25) is 47.3 Å². The molecule has 0 bridgehead atoms. The van der Waals surface area contributed by atoms with E-state index in [1.54, 1.807) is 74.0 Å². The molecule has 78 heavy (non-hydrogen) atoms. The molecule has 8 rings (SSSR count). The first kappa shape index (κ1) is 57.2. The highest BCUT2D eigenvalue weighted by atomic mass is 35.5. The molecule has 6 heterocycles. The van der Waals surface area contributed by atoms with Crippen molar-refractivity contribution in [2.24, 2.45) is 16.1 Å². The van der Waals surface area contributed by atoms with Crippen LogP contribution in [0, 0.1) is 33.1 Å². The van der Waals surface area contributed by atoms with Crippen molar-refractivity contribution in [3.63, 3.8) is 0 Å². The molecule has 0 saturated carbocycles. The summed E-state index contributed by atoms with van der Waals surface area (Å²) in [6.07, 6.45) is 0.469. The minimum atomic E-state index is -1.57. The zero-order chi connectivity index (χ0) is 56.3. The Balaban J connectivity index is 1.09. The summed E-state index contributed by atoms with van der Waals surface area (Å²) in [5.41, 5.74) is 11.9. The van der Waals surface area contributed by atoms with E-state index in [2.05, 4.69) is 47.1 Å². The minimum Gasteiger partial charge on any atom is -0.368 e. The Morgan fingerprint density at radius 1 is 0.859 bits per heavy atom. The zero-order valence-corrected chi connectivity index (χ0v) is 47.5. The molecule has 7 atom stereocenters. The highest BCUT2D eigenvalue weighted by Gasteiger charge is 2.43. The van der Waals surface area contributed by atoms with Crippen LogP contribution in [-0.2, 0) is 38.4 Å². The summed E-state index contributed by atoms with van der Waals surface area (Å²) >= 11 is 10.2. The maximum absolute atomic E-state index is 14.5. The van der Waals surface area contributed by atoms with E-state index in [9.17, 15) is 38.4 Å². The number of aromatic nitrogens is 4. The lowest BCUT2D eigenvalue weighted by atomic mass is 9.85. The monoisotopic (exact) mass is 1140 g/mol. The molecule has 2 saturated heterocycles. The molecular formula is C53H62ClN13O8S3. The number of hydrogen-bond acceptors (Lipinski definition) is 15. The maximum atomic E-state index is 14.5. The quantitative estimate of drug-likeness (QED) is 0.117. The van der Waals surface area contributed by atoms with Gasteiger partial charge in [0.05, 0.1) is 34.0 Å². The van der Waals surface area contributed by atoms with Gasteiger partial charge in [-0.25, -0.2) is 4.98 Å². The summed E-state index contributed by atoms with van der Waals surface area (Å²) in [6.45, 7) is 14.1. The molecule has 8 amide bonds. The van der Waals surface area contributed by atoms with Crippen LogP contribution in [0.5, 0.6) is 0 Å². The third-order valence-electron chi connectivity index (χ3n) is 13.9. The van der Waals surface area contributed by atoms with Crippen molar-refractivity contribution >= 4 is 99.0 Å². The summed E-state index contributed by atoms with van der Waals surface area (Å²) in [5, 5.41) is 26.5. The van der Waals surface area contributed by atoms with Crippen LogP contribution in [0.3, 0.4) is 0 Å². The van der Waals surface area contributed by atoms with Gasteiger partial charge in [-0.2, -0.15) is 0 Å². The lowest BCUT2D eigenvalue weighted by Crippen LogP contribution is -2.60. The Kier molecular flexibility index (Phi) is 17.5. The first-order chi connectivity index (χ1) is 37.0. The van der Waals surface area contributed by atoms with E-state index in [0.717, 1.165) is 54.5 Å². The Bertz CT molecular complexity index is 3190. The zero-order valence-electron chi connectivity index (χ0n) is 44.3. The molecule has 3 aromatic heterocycles. The Morgan fingerprint density at radius 2 is 1.56 bits per heavy atom. The summed E-state index contributed by atoms with van der Waals surface area (Å²) in [7, 11) is 0. The number of aryl methyl sites for hydroxylation is 3. The van der Waals surface area contributed by atoms with E-state index < -0.39 is 102 Å². The third-order valence-corrected chi connectivity index (χ3v) is 17.3. The van der Waals surface area contributed by atoms with Gasteiger partial charge in [-0.3, -0.25) is 47.9 Å². The van der Waals surface area contributed by atoms with Crippen LogP contribution in [0.1, 0.15) is 104 Å². The third kappa shape index (κ3) is 12.6. The van der Waals surface area contributed by atoms with Crippen LogP contribution in [0.15, 0.2) is 59.0 Å². The standard InChI is InChI=1S/C53H62ClN13O8S3/c1-25-28(4)78-52-40(25)41(30-15-17-33(54)18-16-30)59-34(46-65-64-29(5)67(46)52)20-38(68)56-21-35-48(72)61-36(45(55)70)22-76-23-39(69)62-44(53(6,7)8)51(75)66-19-9-10-37(66)49(73)63-42(50(74)58-27(3)47(71)60-35)31-11-13-32(14-12-31)43-26(2)57-24-77-43/h11-18,24,27,34-37,42,44H,9-10,19-23H2,1-8H3,(H2,55,70)(H,56,68)(H,58,74)(H,60,71)(H,61,72)(H,62,69)(H,63,73)/t27-,34+,35?,36-,37+,42+,44?/m1/s1. The van der Waals surface area contributed by atoms with E-state index in [1.807, 2.05) is 44.4 Å². The largest absolute Gasteiger partial charge is 0.368 e. The number of amides is 8. The molecule has 3 aliphatic rings. The number of carbonyl (C=O) groups excluding carboxylic acids is 8. The summed E-state index contributed by atoms with van der Waals surface area (Å²) in [4.78, 5) is 125. The fourth-order valence-electron chi connectivity index (χ4n) is 9.47. The normalized spacial score (nSPS) is 23.0. The predicted molar refractivity (Wildman–Crippen MR) is 298 cm³/mol. The van der Waals surface area contributed by atoms with Crippen LogP contribution >= 0.6 is 46.0 Å². The number of hydrogen-bond donors (Lipinski definition) is 7. The van der Waals surface area contributed by atoms with Gasteiger partial charge in [0.1, 0.15) is 53.1 Å². The second-order valence-electron chi connectivity index (χ2n) is 20.6. The van der Waals surface area contributed by atoms with E-state index in [4.69, 9.17) is 22.3 Å². The SMILES string of the molecule is Cc1ncsc1-c1ccc([C@@H]2NC(=O)[C@@H]3CCCN3C(=O)C(C(C)(C)C)NC(=O)CSC[C@H](C(N)=O)NC(=O)C(CNC(=O)C[C@@H]3N=C(c4ccc(Cl)cc4)c4c(sc(C)c4C)-n4c(C)nnc43)NC(=O)[C@@H](C)NC2=O)cc1. The smallest absolute Gasteiger partial charge is 0.247 e. The summed E-state index contributed by atoms with van der Waals surface area (Å²) in [5.74, 6) is -5.28. The number of thiazole rings is 1. The van der Waals surface area contributed by atoms with Gasteiger partial charge in [0.25, 0.3) is 0 Å². The highest BCUT2D eigenvalue weighted by molar-refractivity contribution is 8.00. The van der Waals surface area contributed by atoms with Crippen LogP contribution in [0.4, 0.5) is 0 Å². The molecule has 21 nitrogen and oxygen atoms in total. The number of benzene rings is 2. The Morgan fingerprint density at radius 3 is 2.23 bits per heavy atom. The van der Waals surface area contributed by atoms with Gasteiger partial charge < -0.3 is 42.5 Å². The first-order valence-electron chi connectivity index (χ1n) is 25.3. The fraction of sp³-hybridized carbons (Fsp3) is 0.434. The fourth-order valence-corrected chi connectivity index (χ4v) is 12.5. The van der Waals surface area contributed by atoms with Crippen LogP contribution in [0.25, 0.3) is 15.4 Å². The molecule has 3 aliphatic heterocycles. The highest BCUT2D eigenvalue weighted by Crippen LogP contribution is 2.40. The molecular weight excluding hydrogens is 1080 g/mol. The molecule has 0 aliphatic carbocycles.